The van der Waals surface area contributed by atoms with E-state index in [-0.39, 0.29) is 11.6 Å². The number of aliphatic imine (C=N–C) groups is 1. The van der Waals surface area contributed by atoms with Crippen LogP contribution in [0.2, 0.25) is 5.02 Å². The standard InChI is InChI=1S/C22H15ClN4O3/c1-11-2-5-15(7-16(11)21(28)29)30-22-25-18-8-17(23)19(26-20(18)27-22)12-3-4-13-9-24-10-14(13)6-12/h2-8,10H,9H2,1H3,(H,28,29)(H,25,26,27). The second-order valence-corrected chi connectivity index (χ2v) is 7.41. The summed E-state index contributed by atoms with van der Waals surface area (Å²) in [6.45, 7) is 2.42. The molecule has 0 bridgehead atoms. The predicted octanol–water partition coefficient (Wildman–Crippen LogP) is 5.01. The Morgan fingerprint density at radius 1 is 1.17 bits per heavy atom. The molecule has 148 valence electrons. The number of hydrogen-bond acceptors (Lipinski definition) is 5. The number of imidazole rings is 1. The third kappa shape index (κ3) is 3.19. The minimum Gasteiger partial charge on any atom is -0.478 e. The number of ether oxygens (including phenoxy) is 1. The molecule has 4 aromatic rings. The van der Waals surface area contributed by atoms with Gasteiger partial charge in [0.05, 0.1) is 28.3 Å². The first kappa shape index (κ1) is 18.3. The Bertz CT molecular complexity index is 1360. The Labute approximate surface area is 176 Å². The molecule has 3 heterocycles. The average molecular weight is 419 g/mol. The molecule has 8 heteroatoms. The number of benzene rings is 2. The molecule has 1 aliphatic rings. The lowest BCUT2D eigenvalue weighted by Gasteiger charge is -2.05. The monoisotopic (exact) mass is 418 g/mol. The van der Waals surface area contributed by atoms with Crippen LogP contribution in [0, 0.1) is 6.92 Å². The van der Waals surface area contributed by atoms with Crippen LogP contribution in [0.5, 0.6) is 11.8 Å². The molecule has 0 radical (unpaired) electrons. The zero-order valence-electron chi connectivity index (χ0n) is 15.8. The molecule has 0 fully saturated rings. The summed E-state index contributed by atoms with van der Waals surface area (Å²) in [7, 11) is 0. The van der Waals surface area contributed by atoms with Crippen molar-refractivity contribution in [1.82, 2.24) is 15.0 Å². The van der Waals surface area contributed by atoms with Crippen LogP contribution in [0.15, 0.2) is 47.5 Å². The van der Waals surface area contributed by atoms with Crippen LogP contribution in [0.1, 0.15) is 27.0 Å². The lowest BCUT2D eigenvalue weighted by atomic mass is 10.0. The molecule has 5 rings (SSSR count). The van der Waals surface area contributed by atoms with Gasteiger partial charge >= 0.3 is 12.0 Å². The molecule has 0 aliphatic carbocycles. The van der Waals surface area contributed by atoms with Crippen LogP contribution < -0.4 is 4.74 Å². The summed E-state index contributed by atoms with van der Waals surface area (Å²) in [5.41, 5.74) is 5.62. The van der Waals surface area contributed by atoms with Crippen molar-refractivity contribution in [2.24, 2.45) is 4.99 Å². The van der Waals surface area contributed by atoms with Gasteiger partial charge in [-0.25, -0.2) is 9.78 Å². The highest BCUT2D eigenvalue weighted by Gasteiger charge is 2.15. The first-order chi connectivity index (χ1) is 14.5. The number of hydrogen-bond donors (Lipinski definition) is 2. The number of pyridine rings is 1. The molecule has 0 atom stereocenters. The third-order valence-corrected chi connectivity index (χ3v) is 5.26. The maximum atomic E-state index is 11.3. The number of rotatable bonds is 4. The molecule has 2 N–H and O–H groups in total. The van der Waals surface area contributed by atoms with Gasteiger partial charge in [-0.15, -0.1) is 0 Å². The number of H-pyrrole nitrogens is 1. The van der Waals surface area contributed by atoms with Gasteiger partial charge < -0.3 is 14.8 Å². The Balaban J connectivity index is 1.50. The molecule has 2 aromatic heterocycles. The quantitative estimate of drug-likeness (QED) is 0.485. The van der Waals surface area contributed by atoms with Gasteiger partial charge in [-0.05, 0) is 47.9 Å². The summed E-state index contributed by atoms with van der Waals surface area (Å²) in [6, 6.07) is 12.8. The van der Waals surface area contributed by atoms with Crippen molar-refractivity contribution in [3.8, 4) is 23.0 Å². The van der Waals surface area contributed by atoms with Crippen molar-refractivity contribution >= 4 is 34.9 Å². The van der Waals surface area contributed by atoms with Crippen LogP contribution in [-0.4, -0.2) is 32.2 Å². The largest absolute Gasteiger partial charge is 0.478 e. The number of carbonyl (C=O) groups is 1. The van der Waals surface area contributed by atoms with E-state index in [1.54, 1.807) is 25.1 Å². The van der Waals surface area contributed by atoms with Crippen LogP contribution in [-0.2, 0) is 6.54 Å². The molecule has 7 nitrogen and oxygen atoms in total. The number of aromatic nitrogens is 3. The van der Waals surface area contributed by atoms with Crippen LogP contribution >= 0.6 is 11.6 Å². The zero-order chi connectivity index (χ0) is 20.8. The van der Waals surface area contributed by atoms with Crippen molar-refractivity contribution in [3.63, 3.8) is 0 Å². The number of aromatic carboxylic acids is 1. The fraction of sp³-hybridized carbons (Fsp3) is 0.0909. The predicted molar refractivity (Wildman–Crippen MR) is 114 cm³/mol. The first-order valence-corrected chi connectivity index (χ1v) is 9.57. The van der Waals surface area contributed by atoms with E-state index in [0.717, 1.165) is 11.1 Å². The van der Waals surface area contributed by atoms with Crippen LogP contribution in [0.4, 0.5) is 0 Å². The molecule has 0 saturated carbocycles. The fourth-order valence-corrected chi connectivity index (χ4v) is 3.66. The van der Waals surface area contributed by atoms with Gasteiger partial charge in [0.1, 0.15) is 5.75 Å². The van der Waals surface area contributed by atoms with Crippen molar-refractivity contribution in [2.75, 3.05) is 0 Å². The molecule has 1 aliphatic heterocycles. The van der Waals surface area contributed by atoms with Crippen LogP contribution in [0.25, 0.3) is 22.4 Å². The Morgan fingerprint density at radius 3 is 2.87 bits per heavy atom. The summed E-state index contributed by atoms with van der Waals surface area (Å²) in [4.78, 5) is 27.6. The molecule has 0 saturated heterocycles. The molecular formula is C22H15ClN4O3. The van der Waals surface area contributed by atoms with Crippen molar-refractivity contribution in [2.45, 2.75) is 13.5 Å². The van der Waals surface area contributed by atoms with Crippen molar-refractivity contribution in [3.05, 3.63) is 69.7 Å². The average Bonchev–Trinajstić information content (AvgIpc) is 3.33. The van der Waals surface area contributed by atoms with Gasteiger partial charge in [-0.2, -0.15) is 4.98 Å². The van der Waals surface area contributed by atoms with E-state index in [9.17, 15) is 9.90 Å². The normalized spacial score (nSPS) is 12.3. The highest BCUT2D eigenvalue weighted by molar-refractivity contribution is 6.33. The van der Waals surface area contributed by atoms with Gasteiger partial charge in [0.2, 0.25) is 0 Å². The smallest absolute Gasteiger partial charge is 0.336 e. The second-order valence-electron chi connectivity index (χ2n) is 7.00. The SMILES string of the molecule is Cc1ccc(Oc2nc3nc(-c4ccc5c(c4)C=NC5)c(Cl)cc3[nH]2)cc1C(=O)O. The van der Waals surface area contributed by atoms with Gasteiger partial charge in [-0.3, -0.25) is 4.99 Å². The summed E-state index contributed by atoms with van der Waals surface area (Å²) in [5, 5.41) is 9.77. The maximum absolute atomic E-state index is 11.3. The van der Waals surface area contributed by atoms with Crippen LogP contribution in [0.3, 0.4) is 0 Å². The van der Waals surface area contributed by atoms with E-state index in [4.69, 9.17) is 16.3 Å². The number of carboxylic acid groups (broad SMARTS) is 1. The third-order valence-electron chi connectivity index (χ3n) is 4.97. The fourth-order valence-electron chi connectivity index (χ4n) is 3.40. The number of aryl methyl sites for hydroxylation is 1. The molecule has 0 amide bonds. The molecular weight excluding hydrogens is 404 g/mol. The number of nitrogens with one attached hydrogen (secondary N) is 1. The molecule has 0 unspecified atom stereocenters. The number of aromatic amines is 1. The number of nitrogens with zero attached hydrogens (tertiary/aromatic N) is 3. The summed E-state index contributed by atoms with van der Waals surface area (Å²) in [5.74, 6) is -0.652. The molecule has 2 aromatic carbocycles. The highest BCUT2D eigenvalue weighted by atomic mass is 35.5. The van der Waals surface area contributed by atoms with Gasteiger partial charge in [0.15, 0.2) is 5.65 Å². The lowest BCUT2D eigenvalue weighted by molar-refractivity contribution is 0.0695. The van der Waals surface area contributed by atoms with E-state index >= 15 is 0 Å². The van der Waals surface area contributed by atoms with Crippen molar-refractivity contribution in [1.29, 1.82) is 0 Å². The van der Waals surface area contributed by atoms with E-state index in [1.807, 2.05) is 24.4 Å². The molecule has 0 spiro atoms. The van der Waals surface area contributed by atoms with E-state index in [2.05, 4.69) is 19.9 Å². The lowest BCUT2D eigenvalue weighted by Crippen LogP contribution is -2.00. The summed E-state index contributed by atoms with van der Waals surface area (Å²) >= 11 is 6.48. The van der Waals surface area contributed by atoms with Crippen molar-refractivity contribution < 1.29 is 14.6 Å². The topological polar surface area (TPSA) is 100 Å². The minimum atomic E-state index is -1.01. The van der Waals surface area contributed by atoms with E-state index in [0.29, 0.717) is 39.7 Å². The number of fused-ring (bicyclic) bond motifs is 2. The maximum Gasteiger partial charge on any atom is 0.336 e. The first-order valence-electron chi connectivity index (χ1n) is 9.19. The Morgan fingerprint density at radius 2 is 2.03 bits per heavy atom. The van der Waals surface area contributed by atoms with Gasteiger partial charge in [0, 0.05) is 11.8 Å². The van der Waals surface area contributed by atoms with Gasteiger partial charge in [0.25, 0.3) is 0 Å². The van der Waals surface area contributed by atoms with E-state index in [1.165, 1.54) is 11.6 Å². The number of halogens is 1. The minimum absolute atomic E-state index is 0.173. The highest BCUT2D eigenvalue weighted by Crippen LogP contribution is 2.32. The number of carboxylic acids is 1. The summed E-state index contributed by atoms with van der Waals surface area (Å²) in [6.07, 6.45) is 1.85. The molecule has 30 heavy (non-hydrogen) atoms. The Kier molecular flexibility index (Phi) is 4.25. The van der Waals surface area contributed by atoms with Gasteiger partial charge in [-0.1, -0.05) is 29.8 Å². The summed E-state index contributed by atoms with van der Waals surface area (Å²) < 4.78 is 5.72. The Hall–Kier alpha value is -3.71. The zero-order valence-corrected chi connectivity index (χ0v) is 16.6. The second kappa shape index (κ2) is 6.96. The van der Waals surface area contributed by atoms with E-state index < -0.39 is 5.97 Å².